The molecule has 0 spiro atoms. The minimum Gasteiger partial charge on any atom is -0.493 e. The van der Waals surface area contributed by atoms with Gasteiger partial charge in [-0.25, -0.2) is 0 Å². The van der Waals surface area contributed by atoms with Gasteiger partial charge in [-0.3, -0.25) is 10.1 Å². The average Bonchev–Trinajstić information content (AvgIpc) is 3.07. The minimum atomic E-state index is -0.259. The van der Waals surface area contributed by atoms with Crippen LogP contribution in [0, 0.1) is 5.92 Å². The standard InChI is InChI=1S/C18H23N3O3S2/c1-12(2)9-10-24-14-7-5-13(11-15(14)23-3)6-8-16(22)19-17-20-21-18(25-4)26-17/h5-8,11-12H,9-10H2,1-4H3,(H,19,20,22)/b8-6+. The van der Waals surface area contributed by atoms with Crippen molar-refractivity contribution in [3.63, 3.8) is 0 Å². The Labute approximate surface area is 162 Å². The van der Waals surface area contributed by atoms with E-state index >= 15 is 0 Å². The lowest BCUT2D eigenvalue weighted by Crippen LogP contribution is -2.07. The molecule has 2 rings (SSSR count). The number of amides is 1. The van der Waals surface area contributed by atoms with Crippen LogP contribution < -0.4 is 14.8 Å². The molecule has 0 saturated carbocycles. The Morgan fingerprint density at radius 1 is 1.35 bits per heavy atom. The summed E-state index contributed by atoms with van der Waals surface area (Å²) in [4.78, 5) is 12.0. The number of nitrogens with one attached hydrogen (secondary N) is 1. The molecule has 0 unspecified atom stereocenters. The van der Waals surface area contributed by atoms with Crippen LogP contribution in [0.5, 0.6) is 11.5 Å². The van der Waals surface area contributed by atoms with Gasteiger partial charge >= 0.3 is 0 Å². The number of anilines is 1. The molecule has 0 atom stereocenters. The molecule has 1 aromatic carbocycles. The lowest BCUT2D eigenvalue weighted by Gasteiger charge is -2.12. The highest BCUT2D eigenvalue weighted by Crippen LogP contribution is 2.29. The summed E-state index contributed by atoms with van der Waals surface area (Å²) in [7, 11) is 1.60. The van der Waals surface area contributed by atoms with Crippen molar-refractivity contribution in [3.05, 3.63) is 29.8 Å². The molecule has 0 aliphatic heterocycles. The second-order valence-electron chi connectivity index (χ2n) is 5.84. The highest BCUT2D eigenvalue weighted by atomic mass is 32.2. The Bertz CT molecular complexity index is 760. The number of ether oxygens (including phenoxy) is 2. The van der Waals surface area contributed by atoms with E-state index in [1.165, 1.54) is 29.2 Å². The zero-order chi connectivity index (χ0) is 18.9. The average molecular weight is 394 g/mol. The number of carbonyl (C=O) groups is 1. The zero-order valence-corrected chi connectivity index (χ0v) is 16.9. The monoisotopic (exact) mass is 393 g/mol. The normalized spacial score (nSPS) is 11.1. The number of thioether (sulfide) groups is 1. The number of carbonyl (C=O) groups excluding carboxylic acids is 1. The van der Waals surface area contributed by atoms with Crippen LogP contribution in [0.2, 0.25) is 0 Å². The van der Waals surface area contributed by atoms with E-state index in [0.29, 0.717) is 29.2 Å². The van der Waals surface area contributed by atoms with E-state index in [9.17, 15) is 4.79 Å². The second kappa shape index (κ2) is 10.2. The number of benzene rings is 1. The van der Waals surface area contributed by atoms with Crippen LogP contribution in [-0.4, -0.2) is 36.1 Å². The summed E-state index contributed by atoms with van der Waals surface area (Å²) in [5.41, 5.74) is 0.843. The summed E-state index contributed by atoms with van der Waals surface area (Å²) in [6, 6.07) is 5.57. The highest BCUT2D eigenvalue weighted by Gasteiger charge is 2.07. The molecule has 1 heterocycles. The Morgan fingerprint density at radius 3 is 2.81 bits per heavy atom. The topological polar surface area (TPSA) is 73.3 Å². The van der Waals surface area contributed by atoms with Crippen molar-refractivity contribution >= 4 is 40.2 Å². The van der Waals surface area contributed by atoms with Crippen LogP contribution in [0.25, 0.3) is 6.08 Å². The quantitative estimate of drug-likeness (QED) is 0.388. The Kier molecular flexibility index (Phi) is 7.93. The Morgan fingerprint density at radius 2 is 2.15 bits per heavy atom. The fraction of sp³-hybridized carbons (Fsp3) is 0.389. The first kappa shape index (κ1) is 20.3. The number of rotatable bonds is 9. The lowest BCUT2D eigenvalue weighted by molar-refractivity contribution is -0.111. The van der Waals surface area contributed by atoms with Crippen LogP contribution in [0.4, 0.5) is 5.13 Å². The summed E-state index contributed by atoms with van der Waals surface area (Å²) in [6.07, 6.45) is 6.06. The molecule has 0 radical (unpaired) electrons. The van der Waals surface area contributed by atoms with Gasteiger partial charge in [0.05, 0.1) is 13.7 Å². The van der Waals surface area contributed by atoms with Gasteiger partial charge in [0.2, 0.25) is 11.0 Å². The zero-order valence-electron chi connectivity index (χ0n) is 15.3. The van der Waals surface area contributed by atoms with E-state index in [1.807, 2.05) is 24.5 Å². The highest BCUT2D eigenvalue weighted by molar-refractivity contribution is 8.00. The molecule has 0 aliphatic carbocycles. The third kappa shape index (κ3) is 6.34. The summed E-state index contributed by atoms with van der Waals surface area (Å²) in [5.74, 6) is 1.67. The molecule has 0 aliphatic rings. The van der Waals surface area contributed by atoms with E-state index in [2.05, 4.69) is 29.4 Å². The Hall–Kier alpha value is -2.06. The van der Waals surface area contributed by atoms with Crippen LogP contribution >= 0.6 is 23.1 Å². The van der Waals surface area contributed by atoms with Gasteiger partial charge in [-0.15, -0.1) is 10.2 Å². The molecule has 1 N–H and O–H groups in total. The van der Waals surface area contributed by atoms with Gasteiger partial charge in [-0.05, 0) is 42.4 Å². The number of nitrogens with zero attached hydrogens (tertiary/aromatic N) is 2. The maximum Gasteiger partial charge on any atom is 0.250 e. The van der Waals surface area contributed by atoms with E-state index in [0.717, 1.165) is 16.3 Å². The van der Waals surface area contributed by atoms with Gasteiger partial charge in [-0.1, -0.05) is 43.0 Å². The van der Waals surface area contributed by atoms with Crippen molar-refractivity contribution in [2.24, 2.45) is 5.92 Å². The molecule has 0 saturated heterocycles. The van der Waals surface area contributed by atoms with E-state index < -0.39 is 0 Å². The molecule has 0 fully saturated rings. The van der Waals surface area contributed by atoms with Gasteiger partial charge in [0.15, 0.2) is 15.8 Å². The van der Waals surface area contributed by atoms with Crippen LogP contribution in [0.1, 0.15) is 25.8 Å². The van der Waals surface area contributed by atoms with Crippen LogP contribution in [0.3, 0.4) is 0 Å². The van der Waals surface area contributed by atoms with Crippen molar-refractivity contribution in [1.29, 1.82) is 0 Å². The first-order chi connectivity index (χ1) is 12.5. The molecule has 140 valence electrons. The maximum atomic E-state index is 12.0. The van der Waals surface area contributed by atoms with Gasteiger partial charge in [0.25, 0.3) is 0 Å². The van der Waals surface area contributed by atoms with Crippen LogP contribution in [-0.2, 0) is 4.79 Å². The van der Waals surface area contributed by atoms with E-state index in [1.54, 1.807) is 13.2 Å². The fourth-order valence-electron chi connectivity index (χ4n) is 1.97. The molecule has 0 bridgehead atoms. The SMILES string of the molecule is COc1cc(/C=C/C(=O)Nc2nnc(SC)s2)ccc1OCCC(C)C. The predicted molar refractivity (Wildman–Crippen MR) is 107 cm³/mol. The second-order valence-corrected chi connectivity index (χ2v) is 7.87. The van der Waals surface area contributed by atoms with Crippen molar-refractivity contribution in [2.75, 3.05) is 25.3 Å². The number of hydrogen-bond acceptors (Lipinski definition) is 7. The first-order valence-corrected chi connectivity index (χ1v) is 10.2. The molecule has 2 aromatic rings. The molecular weight excluding hydrogens is 370 g/mol. The molecular formula is C18H23N3O3S2. The van der Waals surface area contributed by atoms with Crippen LogP contribution in [0.15, 0.2) is 28.6 Å². The molecule has 1 amide bonds. The lowest BCUT2D eigenvalue weighted by atomic mass is 10.1. The number of hydrogen-bond donors (Lipinski definition) is 1. The first-order valence-electron chi connectivity index (χ1n) is 8.19. The summed E-state index contributed by atoms with van der Waals surface area (Å²) in [6.45, 7) is 4.96. The molecule has 6 nitrogen and oxygen atoms in total. The molecule has 1 aromatic heterocycles. The van der Waals surface area contributed by atoms with Gasteiger partial charge in [-0.2, -0.15) is 0 Å². The number of methoxy groups -OCH3 is 1. The van der Waals surface area contributed by atoms with Crippen molar-refractivity contribution in [2.45, 2.75) is 24.6 Å². The minimum absolute atomic E-state index is 0.259. The number of aromatic nitrogens is 2. The van der Waals surface area contributed by atoms with Crippen molar-refractivity contribution in [1.82, 2.24) is 10.2 Å². The molecule has 26 heavy (non-hydrogen) atoms. The summed E-state index contributed by atoms with van der Waals surface area (Å²) < 4.78 is 12.0. The smallest absolute Gasteiger partial charge is 0.250 e. The van der Waals surface area contributed by atoms with Gasteiger partial charge in [0, 0.05) is 6.08 Å². The third-order valence-electron chi connectivity index (χ3n) is 3.38. The van der Waals surface area contributed by atoms with Gasteiger partial charge < -0.3 is 9.47 Å². The molecule has 8 heteroatoms. The predicted octanol–water partition coefficient (Wildman–Crippen LogP) is 4.35. The third-order valence-corrected chi connectivity index (χ3v) is 5.19. The van der Waals surface area contributed by atoms with E-state index in [-0.39, 0.29) is 5.91 Å². The van der Waals surface area contributed by atoms with Crippen molar-refractivity contribution < 1.29 is 14.3 Å². The fourth-order valence-corrected chi connectivity index (χ4v) is 3.15. The van der Waals surface area contributed by atoms with Crippen molar-refractivity contribution in [3.8, 4) is 11.5 Å². The maximum absolute atomic E-state index is 12.0. The largest absolute Gasteiger partial charge is 0.493 e. The summed E-state index contributed by atoms with van der Waals surface area (Å²) in [5, 5.41) is 11.0. The Balaban J connectivity index is 1.97. The van der Waals surface area contributed by atoms with E-state index in [4.69, 9.17) is 9.47 Å². The summed E-state index contributed by atoms with van der Waals surface area (Å²) >= 11 is 2.83. The van der Waals surface area contributed by atoms with Gasteiger partial charge in [0.1, 0.15) is 0 Å².